The van der Waals surface area contributed by atoms with Crippen molar-refractivity contribution in [3.63, 3.8) is 0 Å². The monoisotopic (exact) mass is 239 g/mol. The van der Waals surface area contributed by atoms with Gasteiger partial charge in [-0.2, -0.15) is 0 Å². The zero-order valence-electron chi connectivity index (χ0n) is 9.42. The lowest BCUT2D eigenvalue weighted by atomic mass is 9.90. The Bertz CT molecular complexity index is 348. The molecule has 1 saturated carbocycles. The SMILES string of the molecule is Nc1ccc(OCC2CCCCC2)cc1Cl. The van der Waals surface area contributed by atoms with Gasteiger partial charge in [0.15, 0.2) is 0 Å². The molecule has 0 aromatic heterocycles. The summed E-state index contributed by atoms with van der Waals surface area (Å²) < 4.78 is 5.74. The third-order valence-corrected chi connectivity index (χ3v) is 3.51. The van der Waals surface area contributed by atoms with Gasteiger partial charge in [-0.1, -0.05) is 30.9 Å². The van der Waals surface area contributed by atoms with E-state index in [1.54, 1.807) is 12.1 Å². The standard InChI is InChI=1S/C13H18ClNO/c14-12-8-11(6-7-13(12)15)16-9-10-4-2-1-3-5-10/h6-8,10H,1-5,9,15H2. The van der Waals surface area contributed by atoms with Crippen molar-refractivity contribution >= 4 is 17.3 Å². The number of rotatable bonds is 3. The van der Waals surface area contributed by atoms with Crippen LogP contribution >= 0.6 is 11.6 Å². The van der Waals surface area contributed by atoms with E-state index in [1.807, 2.05) is 6.07 Å². The summed E-state index contributed by atoms with van der Waals surface area (Å²) in [5.74, 6) is 1.54. The lowest BCUT2D eigenvalue weighted by Gasteiger charge is -2.21. The van der Waals surface area contributed by atoms with Gasteiger partial charge in [0.1, 0.15) is 5.75 Å². The van der Waals surface area contributed by atoms with Gasteiger partial charge in [-0.05, 0) is 30.9 Å². The predicted molar refractivity (Wildman–Crippen MR) is 67.9 cm³/mol. The van der Waals surface area contributed by atoms with Gasteiger partial charge in [-0.15, -0.1) is 0 Å². The molecule has 0 unspecified atom stereocenters. The first-order chi connectivity index (χ1) is 7.75. The average Bonchev–Trinajstić information content (AvgIpc) is 2.32. The summed E-state index contributed by atoms with van der Waals surface area (Å²) in [6.07, 6.45) is 6.66. The molecule has 1 aliphatic rings. The van der Waals surface area contributed by atoms with E-state index in [2.05, 4.69) is 0 Å². The Morgan fingerprint density at radius 1 is 1.25 bits per heavy atom. The maximum Gasteiger partial charge on any atom is 0.120 e. The van der Waals surface area contributed by atoms with Gasteiger partial charge in [0.2, 0.25) is 0 Å². The van der Waals surface area contributed by atoms with Crippen LogP contribution in [-0.4, -0.2) is 6.61 Å². The minimum absolute atomic E-state index is 0.571. The van der Waals surface area contributed by atoms with Crippen molar-refractivity contribution in [3.05, 3.63) is 23.2 Å². The molecule has 0 bridgehead atoms. The molecule has 1 aromatic rings. The van der Waals surface area contributed by atoms with E-state index in [1.165, 1.54) is 32.1 Å². The smallest absolute Gasteiger partial charge is 0.120 e. The van der Waals surface area contributed by atoms with Crippen LogP contribution in [0.25, 0.3) is 0 Å². The Morgan fingerprint density at radius 3 is 2.69 bits per heavy atom. The molecule has 16 heavy (non-hydrogen) atoms. The zero-order chi connectivity index (χ0) is 11.4. The number of nitrogen functional groups attached to an aromatic ring is 1. The minimum Gasteiger partial charge on any atom is -0.493 e. The molecule has 1 aromatic carbocycles. The molecule has 0 spiro atoms. The zero-order valence-corrected chi connectivity index (χ0v) is 10.2. The number of hydrogen-bond donors (Lipinski definition) is 1. The fourth-order valence-corrected chi connectivity index (χ4v) is 2.34. The minimum atomic E-state index is 0.571. The summed E-state index contributed by atoms with van der Waals surface area (Å²) in [5.41, 5.74) is 6.24. The van der Waals surface area contributed by atoms with Crippen LogP contribution in [-0.2, 0) is 0 Å². The molecule has 1 fully saturated rings. The predicted octanol–water partition coefficient (Wildman–Crippen LogP) is 3.88. The first kappa shape index (κ1) is 11.6. The molecule has 0 atom stereocenters. The third-order valence-electron chi connectivity index (χ3n) is 3.18. The number of benzene rings is 1. The van der Waals surface area contributed by atoms with E-state index in [4.69, 9.17) is 22.1 Å². The third kappa shape index (κ3) is 3.05. The highest BCUT2D eigenvalue weighted by atomic mass is 35.5. The first-order valence-corrected chi connectivity index (χ1v) is 6.31. The van der Waals surface area contributed by atoms with Crippen molar-refractivity contribution in [2.75, 3.05) is 12.3 Å². The molecule has 0 heterocycles. The number of halogens is 1. The molecule has 3 heteroatoms. The van der Waals surface area contributed by atoms with E-state index >= 15 is 0 Å². The Kier molecular flexibility index (Phi) is 3.94. The van der Waals surface area contributed by atoms with E-state index in [0.717, 1.165) is 12.4 Å². The van der Waals surface area contributed by atoms with Crippen LogP contribution in [0.15, 0.2) is 18.2 Å². The Labute approximate surface area is 102 Å². The van der Waals surface area contributed by atoms with Gasteiger partial charge < -0.3 is 10.5 Å². The molecule has 0 amide bonds. The molecule has 0 aliphatic heterocycles. The summed E-state index contributed by atoms with van der Waals surface area (Å²) in [6.45, 7) is 0.806. The van der Waals surface area contributed by atoms with Crippen LogP contribution in [0.1, 0.15) is 32.1 Å². The molecule has 88 valence electrons. The highest BCUT2D eigenvalue weighted by Crippen LogP contribution is 2.27. The van der Waals surface area contributed by atoms with Crippen LogP contribution < -0.4 is 10.5 Å². The Balaban J connectivity index is 1.86. The lowest BCUT2D eigenvalue weighted by molar-refractivity contribution is 0.209. The van der Waals surface area contributed by atoms with Crippen LogP contribution in [0.2, 0.25) is 5.02 Å². The maximum atomic E-state index is 5.93. The van der Waals surface area contributed by atoms with Gasteiger partial charge >= 0.3 is 0 Å². The largest absolute Gasteiger partial charge is 0.493 e. The van der Waals surface area contributed by atoms with Crippen molar-refractivity contribution in [2.24, 2.45) is 5.92 Å². The summed E-state index contributed by atoms with van der Waals surface area (Å²) in [5, 5.41) is 0.571. The molecule has 2 rings (SSSR count). The normalized spacial score (nSPS) is 17.3. The Morgan fingerprint density at radius 2 is 2.00 bits per heavy atom. The highest BCUT2D eigenvalue weighted by molar-refractivity contribution is 6.33. The topological polar surface area (TPSA) is 35.2 Å². The maximum absolute atomic E-state index is 5.93. The van der Waals surface area contributed by atoms with Crippen LogP contribution in [0.5, 0.6) is 5.75 Å². The second-order valence-electron chi connectivity index (χ2n) is 4.50. The van der Waals surface area contributed by atoms with E-state index in [-0.39, 0.29) is 0 Å². The molecule has 1 aliphatic carbocycles. The molecule has 2 nitrogen and oxygen atoms in total. The van der Waals surface area contributed by atoms with Gasteiger partial charge in [-0.25, -0.2) is 0 Å². The van der Waals surface area contributed by atoms with Crippen molar-refractivity contribution in [1.82, 2.24) is 0 Å². The van der Waals surface area contributed by atoms with E-state index < -0.39 is 0 Å². The molecule has 0 radical (unpaired) electrons. The highest BCUT2D eigenvalue weighted by Gasteiger charge is 2.14. The average molecular weight is 240 g/mol. The van der Waals surface area contributed by atoms with E-state index in [0.29, 0.717) is 16.6 Å². The van der Waals surface area contributed by atoms with Crippen molar-refractivity contribution in [3.8, 4) is 5.75 Å². The van der Waals surface area contributed by atoms with Gasteiger partial charge in [0.25, 0.3) is 0 Å². The fraction of sp³-hybridized carbons (Fsp3) is 0.538. The molecular formula is C13H18ClNO. The lowest BCUT2D eigenvalue weighted by Crippen LogP contribution is -2.15. The summed E-state index contributed by atoms with van der Waals surface area (Å²) in [7, 11) is 0. The Hall–Kier alpha value is -0.890. The van der Waals surface area contributed by atoms with Crippen LogP contribution in [0, 0.1) is 5.92 Å². The molecule has 0 saturated heterocycles. The number of nitrogens with two attached hydrogens (primary N) is 1. The number of hydrogen-bond acceptors (Lipinski definition) is 2. The molecule has 2 N–H and O–H groups in total. The summed E-state index contributed by atoms with van der Waals surface area (Å²) >= 11 is 5.93. The molecular weight excluding hydrogens is 222 g/mol. The van der Waals surface area contributed by atoms with Gasteiger partial charge in [0, 0.05) is 6.07 Å². The summed E-state index contributed by atoms with van der Waals surface area (Å²) in [6, 6.07) is 5.46. The quantitative estimate of drug-likeness (QED) is 0.813. The van der Waals surface area contributed by atoms with Gasteiger partial charge in [-0.3, -0.25) is 0 Å². The van der Waals surface area contributed by atoms with Crippen molar-refractivity contribution < 1.29 is 4.74 Å². The van der Waals surface area contributed by atoms with Crippen LogP contribution in [0.3, 0.4) is 0 Å². The number of ether oxygens (including phenoxy) is 1. The van der Waals surface area contributed by atoms with Crippen molar-refractivity contribution in [1.29, 1.82) is 0 Å². The fourth-order valence-electron chi connectivity index (χ4n) is 2.17. The van der Waals surface area contributed by atoms with Crippen molar-refractivity contribution in [2.45, 2.75) is 32.1 Å². The second kappa shape index (κ2) is 5.44. The first-order valence-electron chi connectivity index (χ1n) is 5.93. The summed E-state index contributed by atoms with van der Waals surface area (Å²) in [4.78, 5) is 0. The van der Waals surface area contributed by atoms with Gasteiger partial charge in [0.05, 0.1) is 17.3 Å². The van der Waals surface area contributed by atoms with E-state index in [9.17, 15) is 0 Å². The van der Waals surface area contributed by atoms with Crippen LogP contribution in [0.4, 0.5) is 5.69 Å². The number of anilines is 1. The second-order valence-corrected chi connectivity index (χ2v) is 4.91.